The summed E-state index contributed by atoms with van der Waals surface area (Å²) in [6.45, 7) is 0. The minimum absolute atomic E-state index is 0.137. The van der Waals surface area contributed by atoms with Crippen LogP contribution in [-0.4, -0.2) is 18.8 Å². The molecule has 0 saturated heterocycles. The summed E-state index contributed by atoms with van der Waals surface area (Å²) in [5, 5.41) is 0. The molecule has 4 nitrogen and oxygen atoms in total. The fraction of sp³-hybridized carbons (Fsp3) is 0.417. The van der Waals surface area contributed by atoms with Crippen LogP contribution in [0.2, 0.25) is 0 Å². The van der Waals surface area contributed by atoms with Crippen LogP contribution in [0.25, 0.3) is 5.70 Å². The summed E-state index contributed by atoms with van der Waals surface area (Å²) in [6.07, 6.45) is 10.2. The Hall–Kier alpha value is -2.46. The van der Waals surface area contributed by atoms with Crippen LogP contribution in [0.5, 0.6) is 11.5 Å². The van der Waals surface area contributed by atoms with E-state index in [9.17, 15) is 0 Å². The zero-order valence-corrected chi connectivity index (χ0v) is 16.4. The molecule has 1 saturated carbocycles. The lowest BCUT2D eigenvalue weighted by atomic mass is 9.84. The number of methoxy groups -OCH3 is 1. The summed E-state index contributed by atoms with van der Waals surface area (Å²) < 4.78 is 12.0. The number of fused-ring (bicyclic) bond motifs is 1. The molecule has 146 valence electrons. The summed E-state index contributed by atoms with van der Waals surface area (Å²) in [7, 11) is 1.69. The van der Waals surface area contributed by atoms with Gasteiger partial charge in [0.05, 0.1) is 12.8 Å². The first-order valence-electron chi connectivity index (χ1n) is 10.3. The molecule has 0 amide bonds. The Morgan fingerprint density at radius 3 is 2.43 bits per heavy atom. The van der Waals surface area contributed by atoms with Crippen LogP contribution in [0.4, 0.5) is 0 Å². The van der Waals surface area contributed by atoms with Crippen molar-refractivity contribution in [1.82, 2.24) is 5.48 Å². The quantitative estimate of drug-likeness (QED) is 0.829. The predicted molar refractivity (Wildman–Crippen MR) is 109 cm³/mol. The maximum Gasteiger partial charge on any atom is 0.162 e. The van der Waals surface area contributed by atoms with E-state index < -0.39 is 0 Å². The molecule has 1 heterocycles. The predicted octanol–water partition coefficient (Wildman–Crippen LogP) is 4.82. The molecule has 4 heteroatoms. The summed E-state index contributed by atoms with van der Waals surface area (Å²) >= 11 is 0. The Labute approximate surface area is 166 Å². The third kappa shape index (κ3) is 3.26. The van der Waals surface area contributed by atoms with Crippen LogP contribution in [-0.2, 0) is 17.7 Å². The van der Waals surface area contributed by atoms with E-state index >= 15 is 0 Å². The second kappa shape index (κ2) is 7.17. The van der Waals surface area contributed by atoms with Crippen molar-refractivity contribution in [2.45, 2.75) is 56.7 Å². The SMILES string of the molecule is COc1ccc(C2=CC3(CCCCC3)ON2)cc1OC1Cc2ccccc2C1. The molecule has 2 aliphatic carbocycles. The molecule has 1 fully saturated rings. The lowest BCUT2D eigenvalue weighted by Crippen LogP contribution is -2.31. The molecule has 0 unspecified atom stereocenters. The molecule has 0 aromatic heterocycles. The van der Waals surface area contributed by atoms with Crippen molar-refractivity contribution in [3.8, 4) is 11.5 Å². The van der Waals surface area contributed by atoms with Crippen LogP contribution in [0.3, 0.4) is 0 Å². The number of benzene rings is 2. The number of hydrogen-bond acceptors (Lipinski definition) is 4. The highest BCUT2D eigenvalue weighted by atomic mass is 16.7. The van der Waals surface area contributed by atoms with Gasteiger partial charge in [0.1, 0.15) is 11.7 Å². The molecule has 0 radical (unpaired) electrons. The van der Waals surface area contributed by atoms with Crippen molar-refractivity contribution in [1.29, 1.82) is 0 Å². The van der Waals surface area contributed by atoms with E-state index in [1.165, 1.54) is 30.4 Å². The highest BCUT2D eigenvalue weighted by Gasteiger charge is 2.36. The standard InChI is InChI=1S/C24H27NO3/c1-26-22-10-9-19(21-16-24(28-25-21)11-5-2-6-12-24)15-23(22)27-20-13-17-7-3-4-8-18(17)14-20/h3-4,7-10,15-16,20,25H,2,5-6,11-14H2,1H3. The van der Waals surface area contributed by atoms with E-state index in [2.05, 4.69) is 48.0 Å². The van der Waals surface area contributed by atoms with Crippen molar-refractivity contribution in [2.75, 3.05) is 7.11 Å². The molecule has 1 N–H and O–H groups in total. The Kier molecular flexibility index (Phi) is 4.52. The molecule has 1 spiro atoms. The molecule has 0 atom stereocenters. The first-order valence-corrected chi connectivity index (χ1v) is 10.3. The Balaban J connectivity index is 1.38. The molecule has 1 aliphatic heterocycles. The lowest BCUT2D eigenvalue weighted by molar-refractivity contribution is -0.0557. The van der Waals surface area contributed by atoms with Gasteiger partial charge < -0.3 is 9.47 Å². The first kappa shape index (κ1) is 17.6. The average molecular weight is 377 g/mol. The minimum atomic E-state index is -0.137. The van der Waals surface area contributed by atoms with Gasteiger partial charge in [-0.1, -0.05) is 43.5 Å². The van der Waals surface area contributed by atoms with E-state index in [-0.39, 0.29) is 11.7 Å². The summed E-state index contributed by atoms with van der Waals surface area (Å²) in [5.41, 5.74) is 7.91. The number of nitrogens with one attached hydrogen (secondary N) is 1. The number of hydroxylamine groups is 1. The molecule has 3 aliphatic rings. The second-order valence-corrected chi connectivity index (χ2v) is 8.17. The van der Waals surface area contributed by atoms with E-state index in [0.29, 0.717) is 0 Å². The lowest BCUT2D eigenvalue weighted by Gasteiger charge is -2.29. The van der Waals surface area contributed by atoms with Crippen molar-refractivity contribution in [3.63, 3.8) is 0 Å². The third-order valence-electron chi connectivity index (χ3n) is 6.25. The van der Waals surface area contributed by atoms with Crippen molar-refractivity contribution in [2.24, 2.45) is 0 Å². The van der Waals surface area contributed by atoms with Crippen LogP contribution < -0.4 is 15.0 Å². The van der Waals surface area contributed by atoms with E-state index in [0.717, 1.165) is 48.4 Å². The molecule has 0 bridgehead atoms. The molecule has 2 aromatic rings. The zero-order chi connectivity index (χ0) is 19.0. The van der Waals surface area contributed by atoms with Crippen molar-refractivity contribution >= 4 is 5.70 Å². The van der Waals surface area contributed by atoms with Gasteiger partial charge in [-0.3, -0.25) is 10.3 Å². The van der Waals surface area contributed by atoms with E-state index in [1.54, 1.807) is 7.11 Å². The largest absolute Gasteiger partial charge is 0.493 e. The second-order valence-electron chi connectivity index (χ2n) is 8.17. The van der Waals surface area contributed by atoms with Crippen LogP contribution in [0.15, 0.2) is 48.5 Å². The van der Waals surface area contributed by atoms with Gasteiger partial charge in [-0.15, -0.1) is 0 Å². The fourth-order valence-corrected chi connectivity index (χ4v) is 4.74. The summed E-state index contributed by atoms with van der Waals surface area (Å²) in [6, 6.07) is 14.7. The van der Waals surface area contributed by atoms with Crippen LogP contribution in [0.1, 0.15) is 48.8 Å². The number of rotatable bonds is 4. The van der Waals surface area contributed by atoms with E-state index in [4.69, 9.17) is 14.3 Å². The normalized spacial score (nSPS) is 20.5. The zero-order valence-electron chi connectivity index (χ0n) is 16.4. The van der Waals surface area contributed by atoms with E-state index in [1.807, 2.05) is 6.07 Å². The van der Waals surface area contributed by atoms with Gasteiger partial charge >= 0.3 is 0 Å². The topological polar surface area (TPSA) is 39.7 Å². The van der Waals surface area contributed by atoms with Gasteiger partial charge in [0.15, 0.2) is 11.5 Å². The highest BCUT2D eigenvalue weighted by Crippen LogP contribution is 2.40. The minimum Gasteiger partial charge on any atom is -0.493 e. The molecule has 5 rings (SSSR count). The fourth-order valence-electron chi connectivity index (χ4n) is 4.74. The smallest absolute Gasteiger partial charge is 0.162 e. The Morgan fingerprint density at radius 2 is 1.71 bits per heavy atom. The number of hydrogen-bond donors (Lipinski definition) is 1. The first-order chi connectivity index (χ1) is 13.7. The molecular weight excluding hydrogens is 350 g/mol. The van der Waals surface area contributed by atoms with Gasteiger partial charge in [0, 0.05) is 18.4 Å². The van der Waals surface area contributed by atoms with Crippen molar-refractivity contribution < 1.29 is 14.3 Å². The molecule has 2 aromatic carbocycles. The van der Waals surface area contributed by atoms with Gasteiger partial charge in [0.2, 0.25) is 0 Å². The van der Waals surface area contributed by atoms with Crippen molar-refractivity contribution in [3.05, 3.63) is 65.2 Å². The Morgan fingerprint density at radius 1 is 0.964 bits per heavy atom. The van der Waals surface area contributed by atoms with Gasteiger partial charge in [-0.2, -0.15) is 0 Å². The van der Waals surface area contributed by atoms with Crippen LogP contribution >= 0.6 is 0 Å². The molecule has 28 heavy (non-hydrogen) atoms. The summed E-state index contributed by atoms with van der Waals surface area (Å²) in [4.78, 5) is 6.01. The Bertz CT molecular complexity index is 873. The maximum absolute atomic E-state index is 6.40. The number of ether oxygens (including phenoxy) is 2. The third-order valence-corrected chi connectivity index (χ3v) is 6.25. The van der Waals surface area contributed by atoms with Crippen LogP contribution in [0, 0.1) is 0 Å². The highest BCUT2D eigenvalue weighted by molar-refractivity contribution is 5.68. The maximum atomic E-state index is 6.40. The summed E-state index contributed by atoms with van der Waals surface area (Å²) in [5.74, 6) is 1.57. The van der Waals surface area contributed by atoms with Gasteiger partial charge in [0.25, 0.3) is 0 Å². The van der Waals surface area contributed by atoms with Gasteiger partial charge in [-0.25, -0.2) is 0 Å². The van der Waals surface area contributed by atoms with Gasteiger partial charge in [-0.05, 0) is 48.2 Å². The average Bonchev–Trinajstić information content (AvgIpc) is 3.32. The molecular formula is C24H27NO3. The monoisotopic (exact) mass is 377 g/mol.